The van der Waals surface area contributed by atoms with Gasteiger partial charge in [-0.15, -0.1) is 0 Å². The second-order valence-corrected chi connectivity index (χ2v) is 16.7. The largest absolute Gasteiger partial charge is 0.463 e. The minimum absolute atomic E-state index is 0.0669. The molecule has 204 valence electrons. The van der Waals surface area contributed by atoms with Crippen molar-refractivity contribution >= 4 is 41.1 Å². The SMILES string of the molecule is CC1(C)O[C@@H]([C@H](O)CO[Si](c2ccccc2)(c2ccccc2)C(C)(C)C)[C@H](C(C)(C)C(CBr)OC=O)O1. The van der Waals surface area contributed by atoms with E-state index in [1.807, 2.05) is 64.1 Å². The number of rotatable bonds is 11. The van der Waals surface area contributed by atoms with Crippen LogP contribution in [0.5, 0.6) is 0 Å². The van der Waals surface area contributed by atoms with Gasteiger partial charge in [-0.3, -0.25) is 4.79 Å². The summed E-state index contributed by atoms with van der Waals surface area (Å²) in [5.74, 6) is -0.914. The molecule has 1 saturated heterocycles. The molecule has 0 aliphatic carbocycles. The molecule has 0 saturated carbocycles. The molecule has 4 atom stereocenters. The first-order valence-corrected chi connectivity index (χ1v) is 15.8. The molecule has 1 aliphatic heterocycles. The maximum atomic E-state index is 11.6. The van der Waals surface area contributed by atoms with E-state index in [-0.39, 0.29) is 11.6 Å². The molecule has 8 heteroatoms. The standard InChI is InChI=1S/C29H41BrO6Si/c1-27(2,3)37(21-14-10-8-11-15-21,22-16-12-9-13-17-22)34-19-23(32)25-26(36-29(6,7)35-25)28(4,5)24(18-30)33-20-31/h8-17,20,23-26,32H,18-19H2,1-7H3/t23-,24?,25+,26-/m1/s1. The predicted molar refractivity (Wildman–Crippen MR) is 152 cm³/mol. The number of carbonyl (C=O) groups is 1. The van der Waals surface area contributed by atoms with E-state index in [0.29, 0.717) is 11.8 Å². The van der Waals surface area contributed by atoms with Gasteiger partial charge in [0.15, 0.2) is 5.79 Å². The fraction of sp³-hybridized carbons (Fsp3) is 0.552. The quantitative estimate of drug-likeness (QED) is 0.237. The van der Waals surface area contributed by atoms with Crippen molar-refractivity contribution in [2.45, 2.75) is 83.7 Å². The van der Waals surface area contributed by atoms with Crippen LogP contribution in [0.4, 0.5) is 0 Å². The summed E-state index contributed by atoms with van der Waals surface area (Å²) in [6, 6.07) is 20.6. The number of benzene rings is 2. The van der Waals surface area contributed by atoms with Crippen molar-refractivity contribution in [2.75, 3.05) is 11.9 Å². The Morgan fingerprint density at radius 3 is 1.95 bits per heavy atom. The number of hydrogen-bond donors (Lipinski definition) is 1. The van der Waals surface area contributed by atoms with Crippen molar-refractivity contribution in [2.24, 2.45) is 5.41 Å². The van der Waals surface area contributed by atoms with E-state index < -0.39 is 43.9 Å². The van der Waals surface area contributed by atoms with E-state index in [9.17, 15) is 9.90 Å². The van der Waals surface area contributed by atoms with Crippen LogP contribution in [-0.4, -0.2) is 62.0 Å². The Hall–Kier alpha value is -1.55. The van der Waals surface area contributed by atoms with E-state index in [1.54, 1.807) is 0 Å². The number of carbonyl (C=O) groups excluding carboxylic acids is 1. The summed E-state index contributed by atoms with van der Waals surface area (Å²) in [6.07, 6.45) is -2.66. The maximum Gasteiger partial charge on any atom is 0.293 e. The molecule has 6 nitrogen and oxygen atoms in total. The Bertz CT molecular complexity index is 969. The Kier molecular flexibility index (Phi) is 9.47. The molecule has 2 aromatic rings. The highest BCUT2D eigenvalue weighted by molar-refractivity contribution is 9.09. The van der Waals surface area contributed by atoms with Crippen LogP contribution in [0, 0.1) is 5.41 Å². The molecule has 0 aromatic heterocycles. The van der Waals surface area contributed by atoms with Crippen LogP contribution in [0.15, 0.2) is 60.7 Å². The maximum absolute atomic E-state index is 11.6. The van der Waals surface area contributed by atoms with Gasteiger partial charge in [-0.2, -0.15) is 0 Å². The Morgan fingerprint density at radius 1 is 1.00 bits per heavy atom. The Morgan fingerprint density at radius 2 is 1.51 bits per heavy atom. The lowest BCUT2D eigenvalue weighted by Crippen LogP contribution is -2.67. The molecule has 0 radical (unpaired) electrons. The van der Waals surface area contributed by atoms with E-state index in [2.05, 4.69) is 61.0 Å². The highest BCUT2D eigenvalue weighted by Gasteiger charge is 2.55. The van der Waals surface area contributed by atoms with Gasteiger partial charge in [-0.1, -0.05) is 111 Å². The van der Waals surface area contributed by atoms with Crippen molar-refractivity contribution in [3.8, 4) is 0 Å². The van der Waals surface area contributed by atoms with Gasteiger partial charge < -0.3 is 23.7 Å². The van der Waals surface area contributed by atoms with Gasteiger partial charge in [-0.25, -0.2) is 0 Å². The first kappa shape index (κ1) is 30.0. The third-order valence-corrected chi connectivity index (χ3v) is 12.9. The summed E-state index contributed by atoms with van der Waals surface area (Å²) in [6.45, 7) is 14.7. The highest BCUT2D eigenvalue weighted by atomic mass is 79.9. The summed E-state index contributed by atoms with van der Waals surface area (Å²) >= 11 is 3.45. The third kappa shape index (κ3) is 6.21. The smallest absolute Gasteiger partial charge is 0.293 e. The van der Waals surface area contributed by atoms with Crippen LogP contribution >= 0.6 is 15.9 Å². The minimum Gasteiger partial charge on any atom is -0.463 e. The Balaban J connectivity index is 1.98. The molecule has 2 aromatic carbocycles. The average Bonchev–Trinajstić information content (AvgIpc) is 3.19. The van der Waals surface area contributed by atoms with Gasteiger partial charge in [-0.05, 0) is 29.3 Å². The van der Waals surface area contributed by atoms with Crippen molar-refractivity contribution in [3.05, 3.63) is 60.7 Å². The molecule has 1 unspecified atom stereocenters. The first-order chi connectivity index (χ1) is 17.3. The third-order valence-electron chi connectivity index (χ3n) is 7.32. The summed E-state index contributed by atoms with van der Waals surface area (Å²) in [4.78, 5) is 11.2. The highest BCUT2D eigenvalue weighted by Crippen LogP contribution is 2.43. The van der Waals surface area contributed by atoms with Crippen LogP contribution in [0.2, 0.25) is 5.04 Å². The van der Waals surface area contributed by atoms with E-state index in [1.165, 1.54) is 0 Å². The molecule has 3 rings (SSSR count). The second-order valence-electron chi connectivity index (χ2n) is 11.8. The van der Waals surface area contributed by atoms with Crippen molar-refractivity contribution in [1.29, 1.82) is 0 Å². The van der Waals surface area contributed by atoms with Gasteiger partial charge in [0.25, 0.3) is 14.8 Å². The lowest BCUT2D eigenvalue weighted by atomic mass is 9.78. The lowest BCUT2D eigenvalue weighted by molar-refractivity contribution is -0.169. The van der Waals surface area contributed by atoms with E-state index >= 15 is 0 Å². The van der Waals surface area contributed by atoms with Gasteiger partial charge >= 0.3 is 0 Å². The van der Waals surface area contributed by atoms with E-state index in [4.69, 9.17) is 18.6 Å². The number of halogens is 1. The normalized spacial score (nSPS) is 21.9. The van der Waals surface area contributed by atoms with Crippen LogP contribution < -0.4 is 10.4 Å². The predicted octanol–water partition coefficient (Wildman–Crippen LogP) is 4.41. The van der Waals surface area contributed by atoms with Crippen molar-refractivity contribution in [1.82, 2.24) is 0 Å². The van der Waals surface area contributed by atoms with Crippen LogP contribution in [0.3, 0.4) is 0 Å². The molecule has 1 aliphatic rings. The first-order valence-electron chi connectivity index (χ1n) is 12.7. The number of hydrogen-bond acceptors (Lipinski definition) is 6. The molecular formula is C29H41BrO6Si. The Labute approximate surface area is 230 Å². The fourth-order valence-electron chi connectivity index (χ4n) is 5.37. The monoisotopic (exact) mass is 592 g/mol. The zero-order chi connectivity index (χ0) is 27.5. The van der Waals surface area contributed by atoms with Gasteiger partial charge in [0, 0.05) is 10.7 Å². The molecule has 0 amide bonds. The van der Waals surface area contributed by atoms with Crippen molar-refractivity contribution in [3.63, 3.8) is 0 Å². The summed E-state index contributed by atoms with van der Waals surface area (Å²) < 4.78 is 24.9. The zero-order valence-electron chi connectivity index (χ0n) is 22.9. The van der Waals surface area contributed by atoms with Gasteiger partial charge in [0.1, 0.15) is 18.3 Å². The molecule has 1 fully saturated rings. The molecular weight excluding hydrogens is 552 g/mol. The topological polar surface area (TPSA) is 74.2 Å². The van der Waals surface area contributed by atoms with Crippen LogP contribution in [0.1, 0.15) is 48.5 Å². The summed E-state index contributed by atoms with van der Waals surface area (Å²) in [7, 11) is -2.84. The summed E-state index contributed by atoms with van der Waals surface area (Å²) in [5.41, 5.74) is -0.652. The van der Waals surface area contributed by atoms with Crippen LogP contribution in [-0.2, 0) is 23.4 Å². The second kappa shape index (κ2) is 11.7. The number of ether oxygens (including phenoxy) is 3. The molecule has 1 heterocycles. The van der Waals surface area contributed by atoms with Gasteiger partial charge in [0.05, 0.1) is 12.7 Å². The summed E-state index contributed by atoms with van der Waals surface area (Å²) in [5, 5.41) is 14.1. The van der Waals surface area contributed by atoms with E-state index in [0.717, 1.165) is 10.4 Å². The molecule has 37 heavy (non-hydrogen) atoms. The zero-order valence-corrected chi connectivity index (χ0v) is 25.5. The van der Waals surface area contributed by atoms with Crippen molar-refractivity contribution < 1.29 is 28.5 Å². The molecule has 0 spiro atoms. The number of aliphatic hydroxyl groups excluding tert-OH is 1. The van der Waals surface area contributed by atoms with Gasteiger partial charge in [0.2, 0.25) is 0 Å². The minimum atomic E-state index is -2.84. The number of alkyl halides is 1. The number of aliphatic hydroxyl groups is 1. The lowest BCUT2D eigenvalue weighted by Gasteiger charge is -2.44. The molecule has 0 bridgehead atoms. The average molecular weight is 594 g/mol. The fourth-order valence-corrected chi connectivity index (χ4v) is 10.9. The molecule has 1 N–H and O–H groups in total. The van der Waals surface area contributed by atoms with Crippen LogP contribution in [0.25, 0.3) is 0 Å².